The van der Waals surface area contributed by atoms with Crippen LogP contribution in [0.1, 0.15) is 26.3 Å². The minimum Gasteiger partial charge on any atom is -0.341 e. The van der Waals surface area contributed by atoms with Crippen LogP contribution in [-0.2, 0) is 11.3 Å². The monoisotopic (exact) mass is 371 g/mol. The van der Waals surface area contributed by atoms with Crippen molar-refractivity contribution in [1.29, 1.82) is 5.26 Å². The Morgan fingerprint density at radius 1 is 1.35 bits per heavy atom. The summed E-state index contributed by atoms with van der Waals surface area (Å²) in [6, 6.07) is 10.3. The molecule has 138 valence electrons. The van der Waals surface area contributed by atoms with E-state index in [9.17, 15) is 4.79 Å². The zero-order valence-corrected chi connectivity index (χ0v) is 16.6. The molecule has 0 N–H and O–H groups in total. The summed E-state index contributed by atoms with van der Waals surface area (Å²) in [5, 5.41) is 18.3. The van der Waals surface area contributed by atoms with Gasteiger partial charge in [-0.25, -0.2) is 0 Å². The molecular formula is C19H25N5OS. The Bertz CT molecular complexity index is 795. The van der Waals surface area contributed by atoms with Crippen molar-refractivity contribution in [3.05, 3.63) is 29.8 Å². The minimum atomic E-state index is -0.171. The Kier molecular flexibility index (Phi) is 7.22. The Morgan fingerprint density at radius 3 is 2.69 bits per heavy atom. The summed E-state index contributed by atoms with van der Waals surface area (Å²) in [6.07, 6.45) is 0. The van der Waals surface area contributed by atoms with Crippen LogP contribution in [0.2, 0.25) is 0 Å². The van der Waals surface area contributed by atoms with Gasteiger partial charge in [0.2, 0.25) is 5.91 Å². The van der Waals surface area contributed by atoms with Crippen molar-refractivity contribution >= 4 is 17.7 Å². The molecule has 0 bridgehead atoms. The van der Waals surface area contributed by atoms with E-state index in [1.54, 1.807) is 4.90 Å². The van der Waals surface area contributed by atoms with E-state index in [-0.39, 0.29) is 17.6 Å². The van der Waals surface area contributed by atoms with Crippen LogP contribution in [-0.4, -0.2) is 44.4 Å². The number of aromatic nitrogens is 3. The van der Waals surface area contributed by atoms with Crippen molar-refractivity contribution in [2.75, 3.05) is 18.8 Å². The summed E-state index contributed by atoms with van der Waals surface area (Å²) in [6.45, 7) is 9.64. The third-order valence-electron chi connectivity index (χ3n) is 4.19. The van der Waals surface area contributed by atoms with E-state index in [0.29, 0.717) is 13.1 Å². The number of thioether (sulfide) groups is 1. The van der Waals surface area contributed by atoms with Crippen LogP contribution in [0.4, 0.5) is 0 Å². The second-order valence-electron chi connectivity index (χ2n) is 6.12. The van der Waals surface area contributed by atoms with E-state index >= 15 is 0 Å². The van der Waals surface area contributed by atoms with Gasteiger partial charge in [-0.15, -0.1) is 10.2 Å². The first-order chi connectivity index (χ1) is 12.5. The molecule has 0 radical (unpaired) electrons. The molecular weight excluding hydrogens is 346 g/mol. The maximum atomic E-state index is 12.5. The van der Waals surface area contributed by atoms with E-state index in [0.717, 1.165) is 28.7 Å². The summed E-state index contributed by atoms with van der Waals surface area (Å²) in [4.78, 5) is 14.2. The van der Waals surface area contributed by atoms with Gasteiger partial charge < -0.3 is 9.47 Å². The third kappa shape index (κ3) is 4.64. The molecule has 1 aromatic heterocycles. The first-order valence-electron chi connectivity index (χ1n) is 8.81. The summed E-state index contributed by atoms with van der Waals surface area (Å²) in [5.41, 5.74) is 2.20. The van der Waals surface area contributed by atoms with Gasteiger partial charge in [-0.3, -0.25) is 4.79 Å². The van der Waals surface area contributed by atoms with E-state index in [2.05, 4.69) is 29.3 Å². The fraction of sp³-hybridized carbons (Fsp3) is 0.474. The number of nitriles is 1. The Morgan fingerprint density at radius 2 is 2.08 bits per heavy atom. The average Bonchev–Trinajstić information content (AvgIpc) is 3.06. The minimum absolute atomic E-state index is 0.0164. The second-order valence-corrected chi connectivity index (χ2v) is 7.06. The number of amides is 1. The number of rotatable bonds is 8. The lowest BCUT2D eigenvalue weighted by Gasteiger charge is -2.21. The van der Waals surface area contributed by atoms with Crippen LogP contribution < -0.4 is 0 Å². The van der Waals surface area contributed by atoms with Crippen molar-refractivity contribution in [1.82, 2.24) is 19.7 Å². The standard InChI is InChI=1S/C19H25N5OS/c1-5-23(12-14(3)11-20)17(25)13-26-19-22-21-18(24(19)6-2)16-10-8-7-9-15(16)4/h7-10,14H,5-6,12-13H2,1-4H3. The van der Waals surface area contributed by atoms with E-state index in [1.165, 1.54) is 11.8 Å². The lowest BCUT2D eigenvalue weighted by Crippen LogP contribution is -2.35. The number of carbonyl (C=O) groups is 1. The third-order valence-corrected chi connectivity index (χ3v) is 5.14. The largest absolute Gasteiger partial charge is 0.341 e. The number of aryl methyl sites for hydroxylation is 1. The molecule has 0 spiro atoms. The normalized spacial score (nSPS) is 11.8. The predicted molar refractivity (Wildman–Crippen MR) is 104 cm³/mol. The average molecular weight is 372 g/mol. The van der Waals surface area contributed by atoms with Gasteiger partial charge in [-0.05, 0) is 33.3 Å². The quantitative estimate of drug-likeness (QED) is 0.665. The number of hydrogen-bond donors (Lipinski definition) is 0. The zero-order chi connectivity index (χ0) is 19.1. The van der Waals surface area contributed by atoms with E-state index in [4.69, 9.17) is 5.26 Å². The highest BCUT2D eigenvalue weighted by Crippen LogP contribution is 2.26. The van der Waals surface area contributed by atoms with Gasteiger partial charge in [-0.1, -0.05) is 36.0 Å². The SMILES string of the molecule is CCN(CC(C)C#N)C(=O)CSc1nnc(-c2ccccc2C)n1CC. The van der Waals surface area contributed by atoms with Crippen molar-refractivity contribution in [3.63, 3.8) is 0 Å². The van der Waals surface area contributed by atoms with Gasteiger partial charge in [-0.2, -0.15) is 5.26 Å². The van der Waals surface area contributed by atoms with Crippen molar-refractivity contribution in [3.8, 4) is 17.5 Å². The maximum absolute atomic E-state index is 12.5. The van der Waals surface area contributed by atoms with Gasteiger partial charge in [0.05, 0.1) is 17.7 Å². The van der Waals surface area contributed by atoms with Gasteiger partial charge in [0.1, 0.15) is 0 Å². The first kappa shape index (κ1) is 20.0. The molecule has 0 aliphatic carbocycles. The highest BCUT2D eigenvalue weighted by Gasteiger charge is 2.19. The molecule has 1 amide bonds. The second kappa shape index (κ2) is 9.39. The highest BCUT2D eigenvalue weighted by molar-refractivity contribution is 7.99. The molecule has 2 rings (SSSR count). The predicted octanol–water partition coefficient (Wildman–Crippen LogP) is 3.37. The molecule has 7 heteroatoms. The van der Waals surface area contributed by atoms with Crippen molar-refractivity contribution < 1.29 is 4.79 Å². The van der Waals surface area contributed by atoms with Gasteiger partial charge >= 0.3 is 0 Å². The number of benzene rings is 1. The molecule has 0 aliphatic rings. The van der Waals surface area contributed by atoms with Crippen LogP contribution >= 0.6 is 11.8 Å². The van der Waals surface area contributed by atoms with Crippen molar-refractivity contribution in [2.24, 2.45) is 5.92 Å². The fourth-order valence-electron chi connectivity index (χ4n) is 2.70. The summed E-state index contributed by atoms with van der Waals surface area (Å²) in [7, 11) is 0. The first-order valence-corrected chi connectivity index (χ1v) is 9.79. The Balaban J connectivity index is 2.12. The molecule has 1 unspecified atom stereocenters. The molecule has 26 heavy (non-hydrogen) atoms. The summed E-state index contributed by atoms with van der Waals surface area (Å²) in [5.74, 6) is 0.960. The van der Waals surface area contributed by atoms with Crippen LogP contribution in [0, 0.1) is 24.2 Å². The maximum Gasteiger partial charge on any atom is 0.233 e. The molecule has 2 aromatic rings. The van der Waals surface area contributed by atoms with Crippen LogP contribution in [0.25, 0.3) is 11.4 Å². The number of hydrogen-bond acceptors (Lipinski definition) is 5. The van der Waals surface area contributed by atoms with Crippen LogP contribution in [0.3, 0.4) is 0 Å². The van der Waals surface area contributed by atoms with Gasteiger partial charge in [0, 0.05) is 25.2 Å². The molecule has 1 atom stereocenters. The number of nitrogens with zero attached hydrogens (tertiary/aromatic N) is 5. The highest BCUT2D eigenvalue weighted by atomic mass is 32.2. The molecule has 0 aliphatic heterocycles. The molecule has 1 heterocycles. The van der Waals surface area contributed by atoms with Crippen molar-refractivity contribution in [2.45, 2.75) is 39.4 Å². The molecule has 0 saturated carbocycles. The Labute approximate surface area is 159 Å². The lowest BCUT2D eigenvalue weighted by molar-refractivity contribution is -0.128. The zero-order valence-electron chi connectivity index (χ0n) is 15.8. The van der Waals surface area contributed by atoms with Gasteiger partial charge in [0.15, 0.2) is 11.0 Å². The molecule has 6 nitrogen and oxygen atoms in total. The van der Waals surface area contributed by atoms with E-state index < -0.39 is 0 Å². The Hall–Kier alpha value is -2.33. The molecule has 1 aromatic carbocycles. The van der Waals surface area contributed by atoms with Crippen LogP contribution in [0.15, 0.2) is 29.4 Å². The van der Waals surface area contributed by atoms with Crippen LogP contribution in [0.5, 0.6) is 0 Å². The lowest BCUT2D eigenvalue weighted by atomic mass is 10.1. The summed E-state index contributed by atoms with van der Waals surface area (Å²) < 4.78 is 2.04. The molecule has 0 fully saturated rings. The van der Waals surface area contributed by atoms with E-state index in [1.807, 2.05) is 43.5 Å². The summed E-state index contributed by atoms with van der Waals surface area (Å²) >= 11 is 1.39. The topological polar surface area (TPSA) is 74.8 Å². The smallest absolute Gasteiger partial charge is 0.233 e. The fourth-order valence-corrected chi connectivity index (χ4v) is 3.60. The van der Waals surface area contributed by atoms with Gasteiger partial charge in [0.25, 0.3) is 0 Å². The molecule has 0 saturated heterocycles. The number of carbonyl (C=O) groups excluding carboxylic acids is 1.